The molecule has 0 unspecified atom stereocenters. The lowest BCUT2D eigenvalue weighted by Gasteiger charge is -2.06. The molecule has 86 valence electrons. The van der Waals surface area contributed by atoms with Crippen LogP contribution >= 0.6 is 0 Å². The van der Waals surface area contributed by atoms with E-state index in [2.05, 4.69) is 10.2 Å². The summed E-state index contributed by atoms with van der Waals surface area (Å²) >= 11 is 0. The molecule has 1 heterocycles. The summed E-state index contributed by atoms with van der Waals surface area (Å²) in [5, 5.41) is 7.07. The van der Waals surface area contributed by atoms with Gasteiger partial charge in [0.15, 0.2) is 0 Å². The van der Waals surface area contributed by atoms with Crippen LogP contribution < -0.4 is 0 Å². The highest BCUT2D eigenvalue weighted by Crippen LogP contribution is 2.09. The third-order valence-corrected chi connectivity index (χ3v) is 1.72. The van der Waals surface area contributed by atoms with Crippen LogP contribution in [0.5, 0.6) is 0 Å². The van der Waals surface area contributed by atoms with Gasteiger partial charge in [0.05, 0.1) is 36.7 Å². The highest BCUT2D eigenvalue weighted by molar-refractivity contribution is 6.02. The monoisotopic (exact) mass is 224 g/mol. The van der Waals surface area contributed by atoms with E-state index in [4.69, 9.17) is 9.47 Å². The average molecular weight is 224 g/mol. The van der Waals surface area contributed by atoms with E-state index in [0.717, 1.165) is 0 Å². The predicted octanol–water partition coefficient (Wildman–Crippen LogP) is 0.830. The van der Waals surface area contributed by atoms with Crippen molar-refractivity contribution in [2.75, 3.05) is 13.2 Å². The Morgan fingerprint density at radius 1 is 1.00 bits per heavy atom. The third-order valence-electron chi connectivity index (χ3n) is 1.72. The first-order valence-electron chi connectivity index (χ1n) is 4.85. The molecule has 0 saturated heterocycles. The van der Waals surface area contributed by atoms with Crippen LogP contribution in [0.4, 0.5) is 0 Å². The molecule has 0 aliphatic rings. The van der Waals surface area contributed by atoms with E-state index < -0.39 is 11.9 Å². The Kier molecular flexibility index (Phi) is 4.38. The van der Waals surface area contributed by atoms with Crippen LogP contribution in [-0.2, 0) is 9.47 Å². The Morgan fingerprint density at radius 2 is 1.38 bits per heavy atom. The molecule has 0 atom stereocenters. The van der Waals surface area contributed by atoms with Gasteiger partial charge >= 0.3 is 11.9 Å². The molecule has 0 fully saturated rings. The second kappa shape index (κ2) is 5.79. The van der Waals surface area contributed by atoms with Crippen LogP contribution in [0, 0.1) is 0 Å². The van der Waals surface area contributed by atoms with E-state index in [0.29, 0.717) is 0 Å². The Labute approximate surface area is 92.6 Å². The molecule has 0 radical (unpaired) electrons. The number of aromatic nitrogens is 2. The summed E-state index contributed by atoms with van der Waals surface area (Å²) in [5.74, 6) is -1.22. The zero-order valence-electron chi connectivity index (χ0n) is 9.10. The Balaban J connectivity index is 3.00. The van der Waals surface area contributed by atoms with Gasteiger partial charge in [0.1, 0.15) is 0 Å². The molecule has 16 heavy (non-hydrogen) atoms. The molecule has 0 amide bonds. The number of carbonyl (C=O) groups is 2. The zero-order chi connectivity index (χ0) is 12.0. The number of ether oxygens (including phenoxy) is 2. The first-order chi connectivity index (χ1) is 7.70. The summed E-state index contributed by atoms with van der Waals surface area (Å²) in [4.78, 5) is 23.0. The summed E-state index contributed by atoms with van der Waals surface area (Å²) in [6.45, 7) is 3.81. The summed E-state index contributed by atoms with van der Waals surface area (Å²) in [6.07, 6.45) is 2.37. The van der Waals surface area contributed by atoms with Gasteiger partial charge in [0, 0.05) is 0 Å². The van der Waals surface area contributed by atoms with Gasteiger partial charge in [-0.15, -0.1) is 0 Å². The molecule has 1 aromatic rings. The van der Waals surface area contributed by atoms with Crippen LogP contribution in [-0.4, -0.2) is 35.3 Å². The van der Waals surface area contributed by atoms with Crippen molar-refractivity contribution in [3.8, 4) is 0 Å². The van der Waals surface area contributed by atoms with Gasteiger partial charge in [0.2, 0.25) is 0 Å². The summed E-state index contributed by atoms with van der Waals surface area (Å²) in [6, 6.07) is 0. The highest BCUT2D eigenvalue weighted by Gasteiger charge is 2.19. The van der Waals surface area contributed by atoms with E-state index in [9.17, 15) is 9.59 Å². The zero-order valence-corrected chi connectivity index (χ0v) is 9.10. The van der Waals surface area contributed by atoms with Gasteiger partial charge in [-0.05, 0) is 13.8 Å². The van der Waals surface area contributed by atoms with Gasteiger partial charge in [-0.2, -0.15) is 10.2 Å². The minimum absolute atomic E-state index is 0.0651. The fraction of sp³-hybridized carbons (Fsp3) is 0.400. The van der Waals surface area contributed by atoms with Crippen molar-refractivity contribution >= 4 is 11.9 Å². The van der Waals surface area contributed by atoms with Crippen LogP contribution in [0.25, 0.3) is 0 Å². The fourth-order valence-electron chi connectivity index (χ4n) is 1.06. The van der Waals surface area contributed by atoms with Crippen LogP contribution in [0.2, 0.25) is 0 Å². The van der Waals surface area contributed by atoms with Crippen molar-refractivity contribution in [3.05, 3.63) is 23.5 Å². The Hall–Kier alpha value is -1.98. The molecule has 0 saturated carbocycles. The van der Waals surface area contributed by atoms with Gasteiger partial charge in [0.25, 0.3) is 0 Å². The van der Waals surface area contributed by atoms with Crippen molar-refractivity contribution in [2.24, 2.45) is 0 Å². The normalized spacial score (nSPS) is 9.62. The summed E-state index contributed by atoms with van der Waals surface area (Å²) in [7, 11) is 0. The molecule has 0 N–H and O–H groups in total. The first kappa shape index (κ1) is 12.1. The minimum atomic E-state index is -0.611. The summed E-state index contributed by atoms with van der Waals surface area (Å²) in [5.41, 5.74) is 0.130. The second-order valence-corrected chi connectivity index (χ2v) is 2.76. The molecule has 6 nitrogen and oxygen atoms in total. The number of hydrogen-bond donors (Lipinski definition) is 0. The largest absolute Gasteiger partial charge is 0.462 e. The van der Waals surface area contributed by atoms with Gasteiger partial charge in [-0.25, -0.2) is 9.59 Å². The predicted molar refractivity (Wildman–Crippen MR) is 53.9 cm³/mol. The maximum absolute atomic E-state index is 11.5. The van der Waals surface area contributed by atoms with Crippen molar-refractivity contribution in [3.63, 3.8) is 0 Å². The number of esters is 2. The van der Waals surface area contributed by atoms with Gasteiger partial charge in [-0.1, -0.05) is 0 Å². The van der Waals surface area contributed by atoms with Gasteiger partial charge < -0.3 is 9.47 Å². The van der Waals surface area contributed by atoms with Crippen molar-refractivity contribution in [1.29, 1.82) is 0 Å². The molecule has 0 aliphatic carbocycles. The molecule has 1 rings (SSSR count). The Bertz CT molecular complexity index is 355. The van der Waals surface area contributed by atoms with E-state index in [1.165, 1.54) is 12.4 Å². The topological polar surface area (TPSA) is 78.4 Å². The second-order valence-electron chi connectivity index (χ2n) is 2.76. The SMILES string of the molecule is CCOC(=O)c1cnncc1C(=O)OCC. The lowest BCUT2D eigenvalue weighted by molar-refractivity contribution is 0.0477. The molecule has 1 aromatic heterocycles. The molecule has 0 aromatic carbocycles. The maximum atomic E-state index is 11.5. The smallest absolute Gasteiger partial charge is 0.340 e. The molecule has 0 bridgehead atoms. The number of rotatable bonds is 4. The molecule has 0 aliphatic heterocycles. The lowest BCUT2D eigenvalue weighted by atomic mass is 10.2. The Morgan fingerprint density at radius 3 is 1.69 bits per heavy atom. The van der Waals surface area contributed by atoms with Crippen molar-refractivity contribution in [1.82, 2.24) is 10.2 Å². The third kappa shape index (κ3) is 2.75. The maximum Gasteiger partial charge on any atom is 0.340 e. The van der Waals surface area contributed by atoms with E-state index in [-0.39, 0.29) is 24.3 Å². The van der Waals surface area contributed by atoms with Crippen LogP contribution in [0.1, 0.15) is 34.6 Å². The molecular formula is C10H12N2O4. The van der Waals surface area contributed by atoms with Gasteiger partial charge in [-0.3, -0.25) is 0 Å². The summed E-state index contributed by atoms with van der Waals surface area (Å²) < 4.78 is 9.56. The molecular weight excluding hydrogens is 212 g/mol. The quantitative estimate of drug-likeness (QED) is 0.705. The van der Waals surface area contributed by atoms with Crippen molar-refractivity contribution in [2.45, 2.75) is 13.8 Å². The highest BCUT2D eigenvalue weighted by atomic mass is 16.5. The minimum Gasteiger partial charge on any atom is -0.462 e. The van der Waals surface area contributed by atoms with Crippen LogP contribution in [0.15, 0.2) is 12.4 Å². The number of carbonyl (C=O) groups excluding carboxylic acids is 2. The fourth-order valence-corrected chi connectivity index (χ4v) is 1.06. The standard InChI is InChI=1S/C10H12N2O4/c1-3-15-9(13)7-5-11-12-6-8(7)10(14)16-4-2/h5-6H,3-4H2,1-2H3. The van der Waals surface area contributed by atoms with Crippen LogP contribution in [0.3, 0.4) is 0 Å². The van der Waals surface area contributed by atoms with Crippen molar-refractivity contribution < 1.29 is 19.1 Å². The molecule has 6 heteroatoms. The number of nitrogens with zero attached hydrogens (tertiary/aromatic N) is 2. The average Bonchev–Trinajstić information content (AvgIpc) is 2.30. The first-order valence-corrected chi connectivity index (χ1v) is 4.85. The van der Waals surface area contributed by atoms with E-state index in [1.54, 1.807) is 13.8 Å². The molecule has 0 spiro atoms. The van der Waals surface area contributed by atoms with E-state index >= 15 is 0 Å². The number of hydrogen-bond acceptors (Lipinski definition) is 6. The lowest BCUT2D eigenvalue weighted by Crippen LogP contribution is -2.15. The van der Waals surface area contributed by atoms with E-state index in [1.807, 2.05) is 0 Å².